The predicted molar refractivity (Wildman–Crippen MR) is 74.0 cm³/mol. The average molecular weight is 238 g/mol. The van der Waals surface area contributed by atoms with E-state index in [0.717, 1.165) is 30.8 Å². The lowest BCUT2D eigenvalue weighted by molar-refractivity contribution is -0.131. The molecule has 0 aromatic heterocycles. The minimum atomic E-state index is 0.165. The van der Waals surface area contributed by atoms with Crippen molar-refractivity contribution >= 4 is 5.91 Å². The third-order valence-electron chi connectivity index (χ3n) is 2.49. The molecule has 0 unspecified atom stereocenters. The molecule has 3 heteroatoms. The molecule has 0 radical (unpaired) electrons. The number of hydrogen-bond acceptors (Lipinski definition) is 2. The van der Waals surface area contributed by atoms with Gasteiger partial charge in [-0.2, -0.15) is 0 Å². The van der Waals surface area contributed by atoms with Crippen LogP contribution in [0.25, 0.3) is 0 Å². The first-order valence-corrected chi connectivity index (χ1v) is 6.19. The van der Waals surface area contributed by atoms with Gasteiger partial charge in [-0.1, -0.05) is 31.2 Å². The molecule has 0 aromatic rings. The van der Waals surface area contributed by atoms with Crippen molar-refractivity contribution < 1.29 is 4.79 Å². The van der Waals surface area contributed by atoms with E-state index in [4.69, 9.17) is 0 Å². The van der Waals surface area contributed by atoms with Crippen molar-refractivity contribution in [3.8, 4) is 0 Å². The summed E-state index contributed by atoms with van der Waals surface area (Å²) in [6.45, 7) is 19.2. The molecule has 0 spiro atoms. The largest absolute Gasteiger partial charge is 0.338 e. The van der Waals surface area contributed by atoms with Crippen molar-refractivity contribution in [2.45, 2.75) is 27.7 Å². The summed E-state index contributed by atoms with van der Waals surface area (Å²) in [5.74, 6) is 0.165. The van der Waals surface area contributed by atoms with Gasteiger partial charge < -0.3 is 4.90 Å². The van der Waals surface area contributed by atoms with Crippen LogP contribution in [0, 0.1) is 0 Å². The Kier molecular flexibility index (Phi) is 7.55. The topological polar surface area (TPSA) is 23.6 Å². The van der Waals surface area contributed by atoms with Gasteiger partial charge in [0, 0.05) is 19.6 Å². The van der Waals surface area contributed by atoms with Crippen LogP contribution in [0.15, 0.2) is 24.3 Å². The van der Waals surface area contributed by atoms with Crippen LogP contribution in [-0.2, 0) is 4.79 Å². The molecule has 0 aliphatic carbocycles. The molecule has 0 N–H and O–H groups in total. The summed E-state index contributed by atoms with van der Waals surface area (Å²) in [4.78, 5) is 16.0. The SMILES string of the molecule is C=C(C)CN(CC)CC(=O)N(CC)CC(=C)C. The lowest BCUT2D eigenvalue weighted by Gasteiger charge is -2.26. The lowest BCUT2D eigenvalue weighted by Crippen LogP contribution is -2.41. The van der Waals surface area contributed by atoms with E-state index >= 15 is 0 Å². The molecule has 0 aromatic carbocycles. The van der Waals surface area contributed by atoms with Gasteiger partial charge in [-0.25, -0.2) is 0 Å². The zero-order chi connectivity index (χ0) is 13.4. The van der Waals surface area contributed by atoms with E-state index < -0.39 is 0 Å². The average Bonchev–Trinajstić information content (AvgIpc) is 2.23. The maximum absolute atomic E-state index is 12.1. The van der Waals surface area contributed by atoms with Crippen LogP contribution in [0.3, 0.4) is 0 Å². The number of carbonyl (C=O) groups is 1. The lowest BCUT2D eigenvalue weighted by atomic mass is 10.3. The summed E-state index contributed by atoms with van der Waals surface area (Å²) in [6.07, 6.45) is 0. The van der Waals surface area contributed by atoms with Gasteiger partial charge in [0.15, 0.2) is 0 Å². The molecule has 0 saturated heterocycles. The zero-order valence-corrected chi connectivity index (χ0v) is 11.8. The Balaban J connectivity index is 4.36. The molecule has 0 saturated carbocycles. The maximum Gasteiger partial charge on any atom is 0.237 e. The molecule has 0 aliphatic rings. The fourth-order valence-corrected chi connectivity index (χ4v) is 1.65. The first kappa shape index (κ1) is 15.9. The fourth-order valence-electron chi connectivity index (χ4n) is 1.65. The Labute approximate surface area is 106 Å². The first-order valence-electron chi connectivity index (χ1n) is 6.19. The molecule has 0 fully saturated rings. The summed E-state index contributed by atoms with van der Waals surface area (Å²) < 4.78 is 0. The van der Waals surface area contributed by atoms with Gasteiger partial charge >= 0.3 is 0 Å². The fraction of sp³-hybridized carbons (Fsp3) is 0.643. The molecule has 0 aliphatic heterocycles. The van der Waals surface area contributed by atoms with Gasteiger partial charge in [-0.3, -0.25) is 9.69 Å². The van der Waals surface area contributed by atoms with E-state index in [1.54, 1.807) is 0 Å². The Morgan fingerprint density at radius 3 is 1.82 bits per heavy atom. The highest BCUT2D eigenvalue weighted by molar-refractivity contribution is 5.78. The number of carbonyl (C=O) groups excluding carboxylic acids is 1. The summed E-state index contributed by atoms with van der Waals surface area (Å²) >= 11 is 0. The predicted octanol–water partition coefficient (Wildman–Crippen LogP) is 2.31. The number of hydrogen-bond donors (Lipinski definition) is 0. The standard InChI is InChI=1S/C14H26N2O/c1-7-15(9-12(3)4)11-14(17)16(8-2)10-13(5)6/h3,5,7-11H2,1-2,4,6H3. The first-order chi connectivity index (χ1) is 7.90. The summed E-state index contributed by atoms with van der Waals surface area (Å²) in [5.41, 5.74) is 2.10. The van der Waals surface area contributed by atoms with Crippen LogP contribution in [0.5, 0.6) is 0 Å². The number of amides is 1. The van der Waals surface area contributed by atoms with Gasteiger partial charge in [0.05, 0.1) is 6.54 Å². The molecule has 0 heterocycles. The van der Waals surface area contributed by atoms with E-state index in [0.29, 0.717) is 13.1 Å². The minimum Gasteiger partial charge on any atom is -0.338 e. The Morgan fingerprint density at radius 2 is 1.47 bits per heavy atom. The third-order valence-corrected chi connectivity index (χ3v) is 2.49. The normalized spacial score (nSPS) is 10.4. The van der Waals surface area contributed by atoms with Crippen LogP contribution in [-0.4, -0.2) is 48.4 Å². The zero-order valence-electron chi connectivity index (χ0n) is 11.8. The van der Waals surface area contributed by atoms with Crippen LogP contribution < -0.4 is 0 Å². The number of likely N-dealkylation sites (N-methyl/N-ethyl adjacent to an activating group) is 2. The number of rotatable bonds is 8. The van der Waals surface area contributed by atoms with Gasteiger partial charge in [0.2, 0.25) is 5.91 Å². The van der Waals surface area contributed by atoms with Gasteiger partial charge in [0.25, 0.3) is 0 Å². The van der Waals surface area contributed by atoms with E-state index in [1.807, 2.05) is 25.7 Å². The molecule has 1 amide bonds. The second-order valence-electron chi connectivity index (χ2n) is 4.63. The van der Waals surface area contributed by atoms with Crippen molar-refractivity contribution in [2.24, 2.45) is 0 Å². The van der Waals surface area contributed by atoms with Crippen LogP contribution >= 0.6 is 0 Å². The molecular formula is C14H26N2O. The summed E-state index contributed by atoms with van der Waals surface area (Å²) in [6, 6.07) is 0. The highest BCUT2D eigenvalue weighted by atomic mass is 16.2. The minimum absolute atomic E-state index is 0.165. The second-order valence-corrected chi connectivity index (χ2v) is 4.63. The molecule has 98 valence electrons. The molecule has 0 rings (SSSR count). The maximum atomic E-state index is 12.1. The molecular weight excluding hydrogens is 212 g/mol. The molecule has 0 atom stereocenters. The van der Waals surface area contributed by atoms with Gasteiger partial charge in [0.1, 0.15) is 0 Å². The second kappa shape index (κ2) is 8.07. The van der Waals surface area contributed by atoms with Crippen molar-refractivity contribution in [1.29, 1.82) is 0 Å². The van der Waals surface area contributed by atoms with Gasteiger partial charge in [-0.15, -0.1) is 0 Å². The quantitative estimate of drug-likeness (QED) is 0.606. The van der Waals surface area contributed by atoms with Gasteiger partial charge in [-0.05, 0) is 27.3 Å². The monoisotopic (exact) mass is 238 g/mol. The highest BCUT2D eigenvalue weighted by Crippen LogP contribution is 2.01. The summed E-state index contributed by atoms with van der Waals surface area (Å²) in [5, 5.41) is 0. The van der Waals surface area contributed by atoms with Crippen molar-refractivity contribution in [3.05, 3.63) is 24.3 Å². The van der Waals surface area contributed by atoms with Crippen LogP contribution in [0.1, 0.15) is 27.7 Å². The smallest absolute Gasteiger partial charge is 0.237 e. The molecule has 0 bridgehead atoms. The van der Waals surface area contributed by atoms with Crippen LogP contribution in [0.2, 0.25) is 0 Å². The highest BCUT2D eigenvalue weighted by Gasteiger charge is 2.15. The van der Waals surface area contributed by atoms with Crippen LogP contribution in [0.4, 0.5) is 0 Å². The third kappa shape index (κ3) is 6.95. The Morgan fingerprint density at radius 1 is 0.941 bits per heavy atom. The Hall–Kier alpha value is -1.09. The van der Waals surface area contributed by atoms with Crippen molar-refractivity contribution in [3.63, 3.8) is 0 Å². The van der Waals surface area contributed by atoms with Crippen molar-refractivity contribution in [2.75, 3.05) is 32.7 Å². The molecule has 17 heavy (non-hydrogen) atoms. The summed E-state index contributed by atoms with van der Waals surface area (Å²) in [7, 11) is 0. The van der Waals surface area contributed by atoms with Crippen molar-refractivity contribution in [1.82, 2.24) is 9.80 Å². The van der Waals surface area contributed by atoms with E-state index in [1.165, 1.54) is 0 Å². The Bertz CT molecular complexity index is 284. The van der Waals surface area contributed by atoms with E-state index in [2.05, 4.69) is 25.0 Å². The molecule has 3 nitrogen and oxygen atoms in total. The van der Waals surface area contributed by atoms with E-state index in [-0.39, 0.29) is 5.91 Å². The number of nitrogens with zero attached hydrogens (tertiary/aromatic N) is 2. The van der Waals surface area contributed by atoms with E-state index in [9.17, 15) is 4.79 Å².